The molecule has 0 saturated heterocycles. The van der Waals surface area contributed by atoms with Crippen LogP contribution in [0.2, 0.25) is 0 Å². The zero-order valence-electron chi connectivity index (χ0n) is 6.75. The molecular weight excluding hydrogens is 155 g/mol. The fraction of sp³-hybridized carbons (Fsp3) is 0.100. The lowest BCUT2D eigenvalue weighted by Crippen LogP contribution is -1.82. The molecule has 0 saturated carbocycles. The second-order valence-corrected chi connectivity index (χ2v) is 2.50. The van der Waals surface area contributed by atoms with E-state index in [0.29, 0.717) is 6.29 Å². The van der Waals surface area contributed by atoms with E-state index in [-0.39, 0.29) is 5.82 Å². The van der Waals surface area contributed by atoms with Crippen LogP contribution in [0.25, 0.3) is 6.08 Å². The smallest absolute Gasteiger partial charge is 0.142 e. The molecule has 0 aliphatic heterocycles. The summed E-state index contributed by atoms with van der Waals surface area (Å²) in [5.74, 6) is -0.286. The van der Waals surface area contributed by atoms with E-state index >= 15 is 0 Å². The number of allylic oxidation sites excluding steroid dienone is 1. The zero-order valence-corrected chi connectivity index (χ0v) is 6.75. The number of carbonyl (C=O) groups is 1. The molecule has 1 aromatic carbocycles. The van der Waals surface area contributed by atoms with Crippen molar-refractivity contribution in [2.75, 3.05) is 0 Å². The first-order chi connectivity index (χ1) is 5.74. The van der Waals surface area contributed by atoms with Gasteiger partial charge in [-0.05, 0) is 36.3 Å². The molecule has 0 N–H and O–H groups in total. The Morgan fingerprint density at radius 2 is 2.17 bits per heavy atom. The van der Waals surface area contributed by atoms with E-state index in [2.05, 4.69) is 0 Å². The largest absolute Gasteiger partial charge is 0.299 e. The van der Waals surface area contributed by atoms with Gasteiger partial charge in [0.05, 0.1) is 0 Å². The highest BCUT2D eigenvalue weighted by molar-refractivity contribution is 5.74. The van der Waals surface area contributed by atoms with Gasteiger partial charge < -0.3 is 0 Å². The second kappa shape index (κ2) is 3.81. The summed E-state index contributed by atoms with van der Waals surface area (Å²) in [5, 5.41) is 0. The molecule has 0 spiro atoms. The van der Waals surface area contributed by atoms with Crippen molar-refractivity contribution in [3.63, 3.8) is 0 Å². The number of carbonyl (C=O) groups excluding carboxylic acids is 1. The SMILES string of the molecule is Cc1ccc(F)cc1C=CC=O. The maximum Gasteiger partial charge on any atom is 0.142 e. The van der Waals surface area contributed by atoms with E-state index in [1.165, 1.54) is 18.2 Å². The van der Waals surface area contributed by atoms with Crippen LogP contribution < -0.4 is 0 Å². The molecule has 0 unspecified atom stereocenters. The summed E-state index contributed by atoms with van der Waals surface area (Å²) in [6.45, 7) is 1.86. The van der Waals surface area contributed by atoms with E-state index in [1.807, 2.05) is 6.92 Å². The first kappa shape index (κ1) is 8.65. The predicted octanol–water partition coefficient (Wildman–Crippen LogP) is 2.35. The quantitative estimate of drug-likeness (QED) is 0.484. The fourth-order valence-corrected chi connectivity index (χ4v) is 0.934. The molecule has 12 heavy (non-hydrogen) atoms. The lowest BCUT2D eigenvalue weighted by Gasteiger charge is -1.98. The maximum absolute atomic E-state index is 12.7. The number of aryl methyl sites for hydroxylation is 1. The van der Waals surface area contributed by atoms with Crippen LogP contribution in [0.15, 0.2) is 24.3 Å². The van der Waals surface area contributed by atoms with Crippen LogP contribution in [0.4, 0.5) is 4.39 Å². The standard InChI is InChI=1S/C10H9FO/c1-8-4-5-10(11)7-9(8)3-2-6-12/h2-7H,1H3. The number of benzene rings is 1. The van der Waals surface area contributed by atoms with Crippen LogP contribution in [0.3, 0.4) is 0 Å². The van der Waals surface area contributed by atoms with Gasteiger partial charge in [0, 0.05) is 0 Å². The molecule has 1 nitrogen and oxygen atoms in total. The van der Waals surface area contributed by atoms with Gasteiger partial charge in [-0.1, -0.05) is 12.1 Å². The van der Waals surface area contributed by atoms with Crippen molar-refractivity contribution in [1.29, 1.82) is 0 Å². The number of halogens is 1. The van der Waals surface area contributed by atoms with Crippen molar-refractivity contribution in [2.45, 2.75) is 6.92 Å². The van der Waals surface area contributed by atoms with Gasteiger partial charge in [0.15, 0.2) is 0 Å². The van der Waals surface area contributed by atoms with E-state index in [1.54, 1.807) is 12.1 Å². The maximum atomic E-state index is 12.7. The molecule has 0 atom stereocenters. The minimum absolute atomic E-state index is 0.286. The van der Waals surface area contributed by atoms with Gasteiger partial charge in [-0.3, -0.25) is 4.79 Å². The van der Waals surface area contributed by atoms with E-state index in [4.69, 9.17) is 0 Å². The Labute approximate surface area is 70.5 Å². The predicted molar refractivity (Wildman–Crippen MR) is 46.2 cm³/mol. The van der Waals surface area contributed by atoms with E-state index in [9.17, 15) is 9.18 Å². The second-order valence-electron chi connectivity index (χ2n) is 2.50. The molecule has 0 fully saturated rings. The van der Waals surface area contributed by atoms with Crippen molar-refractivity contribution in [3.8, 4) is 0 Å². The number of aldehydes is 1. The van der Waals surface area contributed by atoms with Crippen LogP contribution in [0.1, 0.15) is 11.1 Å². The normalized spacial score (nSPS) is 10.5. The fourth-order valence-electron chi connectivity index (χ4n) is 0.934. The van der Waals surface area contributed by atoms with Crippen LogP contribution >= 0.6 is 0 Å². The van der Waals surface area contributed by atoms with Crippen molar-refractivity contribution in [3.05, 3.63) is 41.2 Å². The molecule has 0 aliphatic rings. The van der Waals surface area contributed by atoms with Gasteiger partial charge >= 0.3 is 0 Å². The average Bonchev–Trinajstić information content (AvgIpc) is 2.07. The topological polar surface area (TPSA) is 17.1 Å². The van der Waals surface area contributed by atoms with E-state index in [0.717, 1.165) is 11.1 Å². The summed E-state index contributed by atoms with van der Waals surface area (Å²) in [6.07, 6.45) is 3.61. The first-order valence-corrected chi connectivity index (χ1v) is 3.62. The summed E-state index contributed by atoms with van der Waals surface area (Å²) in [6, 6.07) is 4.47. The van der Waals surface area contributed by atoms with Crippen LogP contribution in [-0.4, -0.2) is 6.29 Å². The van der Waals surface area contributed by atoms with Gasteiger partial charge in [0.25, 0.3) is 0 Å². The van der Waals surface area contributed by atoms with Gasteiger partial charge in [-0.2, -0.15) is 0 Å². The molecule has 0 heterocycles. The molecule has 0 bridgehead atoms. The van der Waals surface area contributed by atoms with Crippen molar-refractivity contribution in [1.82, 2.24) is 0 Å². The minimum atomic E-state index is -0.286. The summed E-state index contributed by atoms with van der Waals surface area (Å²) < 4.78 is 12.7. The lowest BCUT2D eigenvalue weighted by molar-refractivity contribution is -0.104. The number of hydrogen-bond donors (Lipinski definition) is 0. The third-order valence-corrected chi connectivity index (χ3v) is 1.60. The molecule has 2 heteroatoms. The Morgan fingerprint density at radius 1 is 1.42 bits per heavy atom. The monoisotopic (exact) mass is 164 g/mol. The van der Waals surface area contributed by atoms with Crippen LogP contribution in [-0.2, 0) is 4.79 Å². The zero-order chi connectivity index (χ0) is 8.97. The van der Waals surface area contributed by atoms with Crippen molar-refractivity contribution >= 4 is 12.4 Å². The van der Waals surface area contributed by atoms with Gasteiger partial charge in [0.2, 0.25) is 0 Å². The first-order valence-electron chi connectivity index (χ1n) is 3.62. The van der Waals surface area contributed by atoms with Crippen molar-refractivity contribution < 1.29 is 9.18 Å². The third kappa shape index (κ3) is 2.02. The Hall–Kier alpha value is -1.44. The Kier molecular flexibility index (Phi) is 2.75. The molecule has 0 amide bonds. The molecule has 62 valence electrons. The van der Waals surface area contributed by atoms with Gasteiger partial charge in [-0.15, -0.1) is 0 Å². The molecule has 0 radical (unpaired) electrons. The van der Waals surface area contributed by atoms with Crippen LogP contribution in [0.5, 0.6) is 0 Å². The highest BCUT2D eigenvalue weighted by Gasteiger charge is 1.95. The highest BCUT2D eigenvalue weighted by atomic mass is 19.1. The molecular formula is C10H9FO. The summed E-state index contributed by atoms with van der Waals surface area (Å²) >= 11 is 0. The minimum Gasteiger partial charge on any atom is -0.299 e. The summed E-state index contributed by atoms with van der Waals surface area (Å²) in [5.41, 5.74) is 1.69. The third-order valence-electron chi connectivity index (χ3n) is 1.60. The Bertz CT molecular complexity index is 316. The summed E-state index contributed by atoms with van der Waals surface area (Å²) in [7, 11) is 0. The Balaban J connectivity index is 3.04. The Morgan fingerprint density at radius 3 is 2.83 bits per heavy atom. The van der Waals surface area contributed by atoms with Crippen LogP contribution in [0, 0.1) is 12.7 Å². The number of hydrogen-bond acceptors (Lipinski definition) is 1. The molecule has 0 aliphatic carbocycles. The highest BCUT2D eigenvalue weighted by Crippen LogP contribution is 2.11. The average molecular weight is 164 g/mol. The molecule has 1 rings (SSSR count). The number of rotatable bonds is 2. The van der Waals surface area contributed by atoms with E-state index < -0.39 is 0 Å². The molecule has 0 aromatic heterocycles. The lowest BCUT2D eigenvalue weighted by atomic mass is 10.1. The van der Waals surface area contributed by atoms with Gasteiger partial charge in [0.1, 0.15) is 12.1 Å². The summed E-state index contributed by atoms with van der Waals surface area (Å²) in [4.78, 5) is 9.99. The van der Waals surface area contributed by atoms with Gasteiger partial charge in [-0.25, -0.2) is 4.39 Å². The van der Waals surface area contributed by atoms with Crippen molar-refractivity contribution in [2.24, 2.45) is 0 Å². The molecule has 1 aromatic rings.